The zero-order valence-electron chi connectivity index (χ0n) is 7.34. The normalized spacial score (nSPS) is 9.73. The van der Waals surface area contributed by atoms with Gasteiger partial charge in [-0.3, -0.25) is 0 Å². The molecule has 0 spiro atoms. The van der Waals surface area contributed by atoms with Crippen molar-refractivity contribution in [2.24, 2.45) is 0 Å². The lowest BCUT2D eigenvalue weighted by Gasteiger charge is -2.08. The van der Waals surface area contributed by atoms with E-state index >= 15 is 0 Å². The Balaban J connectivity index is 3.47. The first-order valence-electron chi connectivity index (χ1n) is 3.84. The fraction of sp³-hybridized carbons (Fsp3) is 0.222. The van der Waals surface area contributed by atoms with Crippen molar-refractivity contribution in [3.63, 3.8) is 0 Å². The molecule has 3 nitrogen and oxygen atoms in total. The first-order valence-corrected chi connectivity index (χ1v) is 4.22. The van der Waals surface area contributed by atoms with Gasteiger partial charge in [0.05, 0.1) is 23.1 Å². The van der Waals surface area contributed by atoms with Gasteiger partial charge in [0, 0.05) is 6.20 Å². The van der Waals surface area contributed by atoms with Crippen molar-refractivity contribution in [2.45, 2.75) is 12.8 Å². The van der Waals surface area contributed by atoms with Crippen LogP contribution in [-0.4, -0.2) is 4.98 Å². The molecule has 0 atom stereocenters. The Morgan fingerprint density at radius 2 is 2.13 bits per heavy atom. The molecule has 6 heteroatoms. The summed E-state index contributed by atoms with van der Waals surface area (Å²) in [5.41, 5.74) is -0.966. The molecule has 0 unspecified atom stereocenters. The third kappa shape index (κ3) is 2.20. The Morgan fingerprint density at radius 3 is 2.60 bits per heavy atom. The van der Waals surface area contributed by atoms with E-state index in [4.69, 9.17) is 22.1 Å². The van der Waals surface area contributed by atoms with Crippen molar-refractivity contribution >= 4 is 11.6 Å². The number of nitriles is 2. The van der Waals surface area contributed by atoms with Gasteiger partial charge in [0.1, 0.15) is 11.8 Å². The summed E-state index contributed by atoms with van der Waals surface area (Å²) in [7, 11) is 0. The van der Waals surface area contributed by atoms with Gasteiger partial charge in [-0.05, 0) is 5.56 Å². The summed E-state index contributed by atoms with van der Waals surface area (Å²) in [5, 5.41) is 17.0. The first kappa shape index (κ1) is 11.4. The predicted octanol–water partition coefficient (Wildman–Crippen LogP) is 2.61. The van der Waals surface area contributed by atoms with Gasteiger partial charge >= 0.3 is 0 Å². The van der Waals surface area contributed by atoms with Crippen molar-refractivity contribution < 1.29 is 8.78 Å². The molecule has 15 heavy (non-hydrogen) atoms. The Morgan fingerprint density at radius 1 is 1.47 bits per heavy atom. The highest BCUT2D eigenvalue weighted by Crippen LogP contribution is 2.30. The van der Waals surface area contributed by atoms with E-state index in [0.29, 0.717) is 0 Å². The summed E-state index contributed by atoms with van der Waals surface area (Å²) in [6.07, 6.45) is -2.04. The van der Waals surface area contributed by atoms with Crippen LogP contribution in [0.25, 0.3) is 0 Å². The van der Waals surface area contributed by atoms with Gasteiger partial charge in [-0.1, -0.05) is 11.6 Å². The van der Waals surface area contributed by atoms with Crippen LogP contribution < -0.4 is 0 Å². The number of hydrogen-bond acceptors (Lipinski definition) is 3. The van der Waals surface area contributed by atoms with Crippen LogP contribution in [0.15, 0.2) is 6.20 Å². The van der Waals surface area contributed by atoms with E-state index < -0.39 is 12.0 Å². The topological polar surface area (TPSA) is 60.5 Å². The SMILES string of the molecule is N#CCc1c(Cl)cnc(C#N)c1C(F)F. The molecular formula is C9H4ClF2N3. The molecule has 1 rings (SSSR count). The Hall–Kier alpha value is -1.72. The average molecular weight is 228 g/mol. The van der Waals surface area contributed by atoms with Crippen LogP contribution in [0.4, 0.5) is 8.78 Å². The summed E-state index contributed by atoms with van der Waals surface area (Å²) >= 11 is 5.62. The van der Waals surface area contributed by atoms with E-state index in [2.05, 4.69) is 4.98 Å². The molecule has 0 aliphatic heterocycles. The number of rotatable bonds is 2. The number of hydrogen-bond donors (Lipinski definition) is 0. The predicted molar refractivity (Wildman–Crippen MR) is 48.2 cm³/mol. The van der Waals surface area contributed by atoms with E-state index in [1.807, 2.05) is 0 Å². The minimum atomic E-state index is -2.87. The second kappa shape index (κ2) is 4.68. The fourth-order valence-corrected chi connectivity index (χ4v) is 1.34. The molecule has 76 valence electrons. The first-order chi connectivity index (χ1) is 7.11. The molecule has 0 N–H and O–H groups in total. The Bertz CT molecular complexity index is 460. The van der Waals surface area contributed by atoms with Crippen LogP contribution in [0.1, 0.15) is 23.2 Å². The Labute approximate surface area is 89.5 Å². The number of pyridine rings is 1. The van der Waals surface area contributed by atoms with Crippen molar-refractivity contribution in [1.82, 2.24) is 4.98 Å². The monoisotopic (exact) mass is 227 g/mol. The second-order valence-corrected chi connectivity index (χ2v) is 3.00. The van der Waals surface area contributed by atoms with E-state index in [1.165, 1.54) is 0 Å². The minimum Gasteiger partial charge on any atom is -0.243 e. The quantitative estimate of drug-likeness (QED) is 0.780. The molecule has 1 aromatic rings. The average Bonchev–Trinajstić information content (AvgIpc) is 2.20. The summed E-state index contributed by atoms with van der Waals surface area (Å²) in [6, 6.07) is 3.26. The molecule has 0 aliphatic rings. The maximum atomic E-state index is 12.6. The highest BCUT2D eigenvalue weighted by molar-refractivity contribution is 6.31. The van der Waals surface area contributed by atoms with E-state index in [-0.39, 0.29) is 22.7 Å². The molecule has 0 saturated carbocycles. The molecule has 0 aromatic carbocycles. The zero-order valence-corrected chi connectivity index (χ0v) is 8.09. The molecule has 0 radical (unpaired) electrons. The lowest BCUT2D eigenvalue weighted by atomic mass is 10.0. The number of aromatic nitrogens is 1. The highest BCUT2D eigenvalue weighted by Gasteiger charge is 2.21. The summed E-state index contributed by atoms with van der Waals surface area (Å²) in [4.78, 5) is 3.48. The zero-order chi connectivity index (χ0) is 11.4. The van der Waals surface area contributed by atoms with Crippen LogP contribution in [0.5, 0.6) is 0 Å². The summed E-state index contributed by atoms with van der Waals surface area (Å²) < 4.78 is 25.2. The molecule has 0 saturated heterocycles. The number of alkyl halides is 2. The van der Waals surface area contributed by atoms with Gasteiger partial charge < -0.3 is 0 Å². The van der Waals surface area contributed by atoms with Crippen LogP contribution in [0, 0.1) is 22.7 Å². The van der Waals surface area contributed by atoms with Crippen LogP contribution in [-0.2, 0) is 6.42 Å². The Kier molecular flexibility index (Phi) is 3.54. The maximum Gasteiger partial charge on any atom is 0.267 e. The van der Waals surface area contributed by atoms with Crippen molar-refractivity contribution in [3.8, 4) is 12.1 Å². The van der Waals surface area contributed by atoms with Gasteiger partial charge in [0.15, 0.2) is 0 Å². The van der Waals surface area contributed by atoms with Gasteiger partial charge in [-0.25, -0.2) is 13.8 Å². The van der Waals surface area contributed by atoms with E-state index in [0.717, 1.165) is 6.20 Å². The molecule has 1 aromatic heterocycles. The van der Waals surface area contributed by atoms with Gasteiger partial charge in [-0.2, -0.15) is 10.5 Å². The van der Waals surface area contributed by atoms with Crippen molar-refractivity contribution in [1.29, 1.82) is 10.5 Å². The van der Waals surface area contributed by atoms with E-state index in [1.54, 1.807) is 12.1 Å². The third-order valence-electron chi connectivity index (χ3n) is 1.76. The standard InChI is InChI=1S/C9H4ClF2N3/c10-6-4-15-7(3-14)8(9(11)12)5(6)1-2-13/h4,9H,1H2. The highest BCUT2D eigenvalue weighted by atomic mass is 35.5. The minimum absolute atomic E-state index is 0.0224. The smallest absolute Gasteiger partial charge is 0.243 e. The van der Waals surface area contributed by atoms with Gasteiger partial charge in [0.2, 0.25) is 0 Å². The summed E-state index contributed by atoms with van der Waals surface area (Å²) in [6.45, 7) is 0. The molecule has 1 heterocycles. The fourth-order valence-electron chi connectivity index (χ4n) is 1.12. The van der Waals surface area contributed by atoms with Crippen LogP contribution >= 0.6 is 11.6 Å². The summed E-state index contributed by atoms with van der Waals surface area (Å²) in [5.74, 6) is 0. The second-order valence-electron chi connectivity index (χ2n) is 2.59. The number of nitrogens with zero attached hydrogens (tertiary/aromatic N) is 3. The van der Waals surface area contributed by atoms with Gasteiger partial charge in [-0.15, -0.1) is 0 Å². The maximum absolute atomic E-state index is 12.6. The van der Waals surface area contributed by atoms with Gasteiger partial charge in [0.25, 0.3) is 6.43 Å². The molecule has 0 bridgehead atoms. The lowest BCUT2D eigenvalue weighted by Crippen LogP contribution is -2.01. The van der Waals surface area contributed by atoms with Crippen LogP contribution in [0.2, 0.25) is 5.02 Å². The molecule has 0 amide bonds. The lowest BCUT2D eigenvalue weighted by molar-refractivity contribution is 0.149. The largest absolute Gasteiger partial charge is 0.267 e. The van der Waals surface area contributed by atoms with Crippen molar-refractivity contribution in [2.75, 3.05) is 0 Å². The van der Waals surface area contributed by atoms with E-state index in [9.17, 15) is 8.78 Å². The third-order valence-corrected chi connectivity index (χ3v) is 2.08. The van der Waals surface area contributed by atoms with Crippen LogP contribution in [0.3, 0.4) is 0 Å². The molecular weight excluding hydrogens is 224 g/mol. The molecule has 0 aliphatic carbocycles. The number of halogens is 3. The molecule has 0 fully saturated rings. The van der Waals surface area contributed by atoms with Crippen molar-refractivity contribution in [3.05, 3.63) is 28.0 Å².